The average molecular weight is 504 g/mol. The van der Waals surface area contributed by atoms with Crippen LogP contribution in [0.1, 0.15) is 35.7 Å². The molecule has 0 atom stereocenters. The molecule has 0 spiro atoms. The summed E-state index contributed by atoms with van der Waals surface area (Å²) in [6.45, 7) is 4.86. The smallest absolute Gasteiger partial charge is 0.341 e. The molecule has 2 rings (SSSR count). The molecule has 1 aliphatic rings. The minimum Gasteiger partial charge on any atom is -0.496 e. The molecule has 156 valence electrons. The van der Waals surface area contributed by atoms with Crippen LogP contribution in [0, 0.1) is 0 Å². The molecule has 1 fully saturated rings. The van der Waals surface area contributed by atoms with E-state index in [1.54, 1.807) is 12.1 Å². The molecule has 1 aliphatic heterocycles. The summed E-state index contributed by atoms with van der Waals surface area (Å²) in [5, 5.41) is 6.19. The van der Waals surface area contributed by atoms with E-state index in [-0.39, 0.29) is 36.4 Å². The SMILES string of the molecule is CCNC(=NCc1ccc(OC)c(C(=O)OC)c1)NCC(=O)N1CCCC1.I. The van der Waals surface area contributed by atoms with Crippen molar-refractivity contribution in [1.82, 2.24) is 15.5 Å². The van der Waals surface area contributed by atoms with Gasteiger partial charge in [-0.3, -0.25) is 4.79 Å². The molecule has 0 bridgehead atoms. The lowest BCUT2D eigenvalue weighted by Gasteiger charge is -2.17. The van der Waals surface area contributed by atoms with E-state index in [1.807, 2.05) is 17.9 Å². The topological polar surface area (TPSA) is 92.3 Å². The van der Waals surface area contributed by atoms with Gasteiger partial charge in [0.2, 0.25) is 5.91 Å². The first kappa shape index (κ1) is 24.0. The van der Waals surface area contributed by atoms with Gasteiger partial charge in [-0.05, 0) is 37.5 Å². The number of hydrogen-bond acceptors (Lipinski definition) is 5. The summed E-state index contributed by atoms with van der Waals surface area (Å²) in [6, 6.07) is 5.26. The molecule has 1 aromatic rings. The van der Waals surface area contributed by atoms with Crippen LogP contribution in [-0.2, 0) is 16.1 Å². The van der Waals surface area contributed by atoms with Gasteiger partial charge in [-0.25, -0.2) is 9.79 Å². The summed E-state index contributed by atoms with van der Waals surface area (Å²) in [7, 11) is 2.83. The maximum absolute atomic E-state index is 12.2. The standard InChI is InChI=1S/C19H28N4O4.HI/c1-4-20-19(22-13-17(24)23-9-5-6-10-23)21-12-14-7-8-16(26-2)15(11-14)18(25)27-3;/h7-8,11H,4-6,9-10,12-13H2,1-3H3,(H2,20,21,22);1H. The first-order valence-corrected chi connectivity index (χ1v) is 9.14. The largest absolute Gasteiger partial charge is 0.496 e. The van der Waals surface area contributed by atoms with Crippen molar-refractivity contribution in [3.8, 4) is 5.75 Å². The maximum Gasteiger partial charge on any atom is 0.341 e. The highest BCUT2D eigenvalue weighted by molar-refractivity contribution is 14.0. The number of carbonyl (C=O) groups is 2. The highest BCUT2D eigenvalue weighted by Crippen LogP contribution is 2.21. The number of hydrogen-bond donors (Lipinski definition) is 2. The Kier molecular flexibility index (Phi) is 10.6. The number of guanidine groups is 1. The number of amides is 1. The zero-order chi connectivity index (χ0) is 19.6. The quantitative estimate of drug-likeness (QED) is 0.255. The number of likely N-dealkylation sites (tertiary alicyclic amines) is 1. The second-order valence-electron chi connectivity index (χ2n) is 6.16. The fourth-order valence-corrected chi connectivity index (χ4v) is 2.87. The summed E-state index contributed by atoms with van der Waals surface area (Å²) in [5.41, 5.74) is 1.19. The van der Waals surface area contributed by atoms with Crippen molar-refractivity contribution in [1.29, 1.82) is 0 Å². The summed E-state index contributed by atoms with van der Waals surface area (Å²) in [5.74, 6) is 0.630. The number of nitrogens with one attached hydrogen (secondary N) is 2. The number of rotatable bonds is 7. The Morgan fingerprint density at radius 2 is 1.89 bits per heavy atom. The highest BCUT2D eigenvalue weighted by Gasteiger charge is 2.18. The Morgan fingerprint density at radius 1 is 1.18 bits per heavy atom. The maximum atomic E-state index is 12.2. The molecule has 1 heterocycles. The lowest BCUT2D eigenvalue weighted by atomic mass is 10.1. The molecule has 8 nitrogen and oxygen atoms in total. The normalized spacial score (nSPS) is 13.5. The molecule has 0 unspecified atom stereocenters. The van der Waals surface area contributed by atoms with Crippen molar-refractivity contribution in [2.75, 3.05) is 40.4 Å². The summed E-state index contributed by atoms with van der Waals surface area (Å²) < 4.78 is 9.99. The molecule has 0 aromatic heterocycles. The predicted molar refractivity (Wildman–Crippen MR) is 118 cm³/mol. The van der Waals surface area contributed by atoms with Crippen molar-refractivity contribution in [3.05, 3.63) is 29.3 Å². The Balaban J connectivity index is 0.00000392. The van der Waals surface area contributed by atoms with E-state index in [9.17, 15) is 9.59 Å². The van der Waals surface area contributed by atoms with Crippen LogP contribution in [0.5, 0.6) is 5.75 Å². The lowest BCUT2D eigenvalue weighted by Crippen LogP contribution is -2.44. The van der Waals surface area contributed by atoms with Crippen molar-refractivity contribution >= 4 is 41.8 Å². The molecule has 0 aliphatic carbocycles. The van der Waals surface area contributed by atoms with E-state index >= 15 is 0 Å². The third-order valence-electron chi connectivity index (χ3n) is 4.30. The van der Waals surface area contributed by atoms with Crippen molar-refractivity contribution in [2.45, 2.75) is 26.3 Å². The molecule has 0 radical (unpaired) electrons. The minimum absolute atomic E-state index is 0. The third-order valence-corrected chi connectivity index (χ3v) is 4.30. The number of esters is 1. The first-order valence-electron chi connectivity index (χ1n) is 9.14. The molecule has 0 saturated carbocycles. The number of benzene rings is 1. The molecular formula is C19H29IN4O4. The number of halogens is 1. The fourth-order valence-electron chi connectivity index (χ4n) is 2.87. The Hall–Kier alpha value is -2.04. The van der Waals surface area contributed by atoms with Gasteiger partial charge in [-0.2, -0.15) is 0 Å². The predicted octanol–water partition coefficient (Wildman–Crippen LogP) is 1.78. The van der Waals surface area contributed by atoms with Crippen LogP contribution in [0.3, 0.4) is 0 Å². The van der Waals surface area contributed by atoms with E-state index < -0.39 is 5.97 Å². The van der Waals surface area contributed by atoms with Gasteiger partial charge in [0.1, 0.15) is 11.3 Å². The molecular weight excluding hydrogens is 475 g/mol. The van der Waals surface area contributed by atoms with Crippen LogP contribution in [0.25, 0.3) is 0 Å². The van der Waals surface area contributed by atoms with Gasteiger partial charge in [-0.15, -0.1) is 24.0 Å². The van der Waals surface area contributed by atoms with Crippen LogP contribution < -0.4 is 15.4 Å². The average Bonchev–Trinajstić information content (AvgIpc) is 3.24. The lowest BCUT2D eigenvalue weighted by molar-refractivity contribution is -0.128. The van der Waals surface area contributed by atoms with E-state index in [2.05, 4.69) is 15.6 Å². The number of carbonyl (C=O) groups excluding carboxylic acids is 2. The van der Waals surface area contributed by atoms with Crippen LogP contribution in [0.2, 0.25) is 0 Å². The minimum atomic E-state index is -0.459. The van der Waals surface area contributed by atoms with Gasteiger partial charge in [0.05, 0.1) is 27.3 Å². The van der Waals surface area contributed by atoms with Gasteiger partial charge in [0.25, 0.3) is 0 Å². The van der Waals surface area contributed by atoms with Crippen molar-refractivity contribution in [3.63, 3.8) is 0 Å². The molecule has 1 amide bonds. The van der Waals surface area contributed by atoms with E-state index in [0.717, 1.165) is 31.5 Å². The van der Waals surface area contributed by atoms with Gasteiger partial charge in [0, 0.05) is 19.6 Å². The second kappa shape index (κ2) is 12.4. The van der Waals surface area contributed by atoms with Crippen LogP contribution in [-0.4, -0.2) is 63.1 Å². The molecule has 28 heavy (non-hydrogen) atoms. The number of nitrogens with zero attached hydrogens (tertiary/aromatic N) is 2. The number of methoxy groups -OCH3 is 2. The summed E-state index contributed by atoms with van der Waals surface area (Å²) >= 11 is 0. The van der Waals surface area contributed by atoms with Crippen LogP contribution in [0.4, 0.5) is 0 Å². The Labute approximate surface area is 183 Å². The van der Waals surface area contributed by atoms with Gasteiger partial charge in [-0.1, -0.05) is 6.07 Å². The zero-order valence-electron chi connectivity index (χ0n) is 16.6. The van der Waals surface area contributed by atoms with Crippen LogP contribution in [0.15, 0.2) is 23.2 Å². The van der Waals surface area contributed by atoms with Gasteiger partial charge < -0.3 is 25.0 Å². The number of aliphatic imine (C=N–C) groups is 1. The Morgan fingerprint density at radius 3 is 2.50 bits per heavy atom. The van der Waals surface area contributed by atoms with E-state index in [4.69, 9.17) is 9.47 Å². The summed E-state index contributed by atoms with van der Waals surface area (Å²) in [4.78, 5) is 30.4. The summed E-state index contributed by atoms with van der Waals surface area (Å²) in [6.07, 6.45) is 2.14. The monoisotopic (exact) mass is 504 g/mol. The van der Waals surface area contributed by atoms with Gasteiger partial charge >= 0.3 is 5.97 Å². The highest BCUT2D eigenvalue weighted by atomic mass is 127. The third kappa shape index (κ3) is 6.84. The Bertz CT molecular complexity index is 691. The second-order valence-corrected chi connectivity index (χ2v) is 6.16. The van der Waals surface area contributed by atoms with Crippen LogP contribution >= 0.6 is 24.0 Å². The fraction of sp³-hybridized carbons (Fsp3) is 0.526. The molecule has 2 N–H and O–H groups in total. The van der Waals surface area contributed by atoms with Crippen molar-refractivity contribution < 1.29 is 19.1 Å². The zero-order valence-corrected chi connectivity index (χ0v) is 18.9. The van der Waals surface area contributed by atoms with Gasteiger partial charge in [0.15, 0.2) is 5.96 Å². The van der Waals surface area contributed by atoms with E-state index in [0.29, 0.717) is 30.4 Å². The number of ether oxygens (including phenoxy) is 2. The first-order chi connectivity index (χ1) is 13.1. The van der Waals surface area contributed by atoms with Crippen molar-refractivity contribution in [2.24, 2.45) is 4.99 Å². The molecule has 9 heteroatoms. The van der Waals surface area contributed by atoms with E-state index in [1.165, 1.54) is 14.2 Å². The molecule has 1 aromatic carbocycles. The molecule has 1 saturated heterocycles.